The third-order valence-electron chi connectivity index (χ3n) is 1.80. The number of nitrogens with one attached hydrogen (secondary N) is 1. The second kappa shape index (κ2) is 5.36. The highest BCUT2D eigenvalue weighted by Gasteiger charge is 2.22. The van der Waals surface area contributed by atoms with E-state index in [1.807, 2.05) is 4.89 Å². The first-order valence-electron chi connectivity index (χ1n) is 4.39. The Balaban J connectivity index is 3.28. The fourth-order valence-electron chi connectivity index (χ4n) is 1.01. The van der Waals surface area contributed by atoms with Gasteiger partial charge in [0.2, 0.25) is 0 Å². The van der Waals surface area contributed by atoms with Gasteiger partial charge in [0.1, 0.15) is 9.09 Å². The molecular formula is C8H12N2O4S3. The van der Waals surface area contributed by atoms with Gasteiger partial charge in [-0.1, -0.05) is 0 Å². The molecule has 0 bridgehead atoms. The van der Waals surface area contributed by atoms with Gasteiger partial charge < -0.3 is 10.1 Å². The quantitative estimate of drug-likeness (QED) is 0.632. The van der Waals surface area contributed by atoms with E-state index < -0.39 is 9.84 Å². The summed E-state index contributed by atoms with van der Waals surface area (Å²) in [6.45, 7) is 0. The second-order valence-electron chi connectivity index (χ2n) is 3.42. The molecule has 0 aliphatic rings. The van der Waals surface area contributed by atoms with Crippen molar-refractivity contribution in [2.75, 3.05) is 20.4 Å². The van der Waals surface area contributed by atoms with Crippen LogP contribution in [0.1, 0.15) is 9.67 Å². The summed E-state index contributed by atoms with van der Waals surface area (Å²) < 4.78 is 22.9. The Morgan fingerprint density at radius 1 is 1.53 bits per heavy atom. The molecule has 1 aromatic heterocycles. The normalized spacial score (nSPS) is 11.5. The van der Waals surface area contributed by atoms with E-state index in [-0.39, 0.29) is 15.0 Å². The van der Waals surface area contributed by atoms with Gasteiger partial charge in [-0.05, 0) is 18.0 Å². The zero-order valence-electron chi connectivity index (χ0n) is 9.42. The molecule has 0 saturated heterocycles. The summed E-state index contributed by atoms with van der Waals surface area (Å²) in [4.78, 5) is 15.7. The van der Waals surface area contributed by atoms with E-state index in [1.54, 1.807) is 14.1 Å². The molecule has 0 saturated carbocycles. The van der Waals surface area contributed by atoms with Crippen molar-refractivity contribution in [2.24, 2.45) is 0 Å². The average Bonchev–Trinajstić information content (AvgIpc) is 2.60. The smallest absolute Gasteiger partial charge is 0.264 e. The predicted octanol–water partition coefficient (Wildman–Crippen LogP) is 0.839. The van der Waals surface area contributed by atoms with Crippen LogP contribution in [0.25, 0.3) is 0 Å². The Kier molecular flexibility index (Phi) is 4.55. The van der Waals surface area contributed by atoms with Crippen molar-refractivity contribution in [3.63, 3.8) is 0 Å². The molecule has 0 spiro atoms. The third kappa shape index (κ3) is 3.42. The summed E-state index contributed by atoms with van der Waals surface area (Å²) in [5.41, 5.74) is 0. The lowest BCUT2D eigenvalue weighted by Crippen LogP contribution is -2.21. The van der Waals surface area contributed by atoms with Crippen LogP contribution in [0.5, 0.6) is 0 Å². The highest BCUT2D eigenvalue weighted by atomic mass is 32.2. The molecule has 0 aromatic carbocycles. The van der Waals surface area contributed by atoms with E-state index in [1.165, 1.54) is 11.0 Å². The van der Waals surface area contributed by atoms with Crippen LogP contribution in [0, 0.1) is 0 Å². The van der Waals surface area contributed by atoms with E-state index in [2.05, 4.69) is 0 Å². The lowest BCUT2D eigenvalue weighted by molar-refractivity contribution is 0.0829. The fraction of sp³-hybridized carbons (Fsp3) is 0.375. The predicted molar refractivity (Wildman–Crippen MR) is 66.2 cm³/mol. The summed E-state index contributed by atoms with van der Waals surface area (Å²) in [5, 5.41) is 8.62. The van der Waals surface area contributed by atoms with Crippen LogP contribution in [0.3, 0.4) is 0 Å². The molecule has 0 unspecified atom stereocenters. The van der Waals surface area contributed by atoms with Gasteiger partial charge in [0.15, 0.2) is 9.84 Å². The topological polar surface area (TPSA) is 86.7 Å². The SMILES string of the molecule is CN(C)C(=O)c1sc(S(C)(=O)=O)cc1SNO. The third-order valence-corrected chi connectivity index (χ3v) is 5.48. The number of hydrogen-bond donors (Lipinski definition) is 2. The van der Waals surface area contributed by atoms with E-state index in [0.717, 1.165) is 29.5 Å². The minimum absolute atomic E-state index is 0.0976. The van der Waals surface area contributed by atoms with Gasteiger partial charge >= 0.3 is 0 Å². The Morgan fingerprint density at radius 3 is 2.53 bits per heavy atom. The molecule has 2 N–H and O–H groups in total. The monoisotopic (exact) mass is 296 g/mol. The van der Waals surface area contributed by atoms with Crippen molar-refractivity contribution in [3.8, 4) is 0 Å². The highest BCUT2D eigenvalue weighted by Crippen LogP contribution is 2.32. The highest BCUT2D eigenvalue weighted by molar-refractivity contribution is 7.97. The molecule has 96 valence electrons. The molecule has 0 aliphatic carbocycles. The Morgan fingerprint density at radius 2 is 2.12 bits per heavy atom. The fourth-order valence-corrected chi connectivity index (χ4v) is 3.86. The van der Waals surface area contributed by atoms with Crippen molar-refractivity contribution < 1.29 is 18.4 Å². The number of carbonyl (C=O) groups excluding carboxylic acids is 1. The van der Waals surface area contributed by atoms with Crippen LogP contribution in [-0.4, -0.2) is 44.8 Å². The summed E-state index contributed by atoms with van der Waals surface area (Å²) in [7, 11) is -0.212. The van der Waals surface area contributed by atoms with E-state index >= 15 is 0 Å². The molecule has 0 radical (unpaired) electrons. The number of sulfone groups is 1. The van der Waals surface area contributed by atoms with Crippen molar-refractivity contribution in [2.45, 2.75) is 9.10 Å². The lowest BCUT2D eigenvalue weighted by Gasteiger charge is -2.09. The van der Waals surface area contributed by atoms with Crippen molar-refractivity contribution >= 4 is 39.0 Å². The largest absolute Gasteiger partial charge is 0.344 e. The van der Waals surface area contributed by atoms with Crippen molar-refractivity contribution in [1.82, 2.24) is 9.79 Å². The van der Waals surface area contributed by atoms with Gasteiger partial charge in [-0.3, -0.25) is 4.79 Å². The van der Waals surface area contributed by atoms with Crippen LogP contribution in [0.2, 0.25) is 0 Å². The number of carbonyl (C=O) groups is 1. The molecule has 17 heavy (non-hydrogen) atoms. The number of rotatable bonds is 4. The zero-order valence-corrected chi connectivity index (χ0v) is 11.9. The molecule has 0 atom stereocenters. The first-order valence-corrected chi connectivity index (χ1v) is 7.91. The number of hydrogen-bond acceptors (Lipinski definition) is 7. The number of nitrogens with zero attached hydrogens (tertiary/aromatic N) is 1. The van der Waals surface area contributed by atoms with Crippen LogP contribution in [0.15, 0.2) is 15.2 Å². The number of amides is 1. The van der Waals surface area contributed by atoms with E-state index in [9.17, 15) is 13.2 Å². The Labute approximate surface area is 108 Å². The summed E-state index contributed by atoms with van der Waals surface area (Å²) in [5.74, 6) is -0.303. The van der Waals surface area contributed by atoms with Gasteiger partial charge in [0, 0.05) is 25.2 Å². The molecule has 1 rings (SSSR count). The molecule has 0 fully saturated rings. The lowest BCUT2D eigenvalue weighted by atomic mass is 10.4. The van der Waals surface area contributed by atoms with E-state index in [0.29, 0.717) is 4.90 Å². The first-order chi connectivity index (χ1) is 7.77. The van der Waals surface area contributed by atoms with Gasteiger partial charge in [0.05, 0.1) is 0 Å². The summed E-state index contributed by atoms with van der Waals surface area (Å²) in [6.07, 6.45) is 1.07. The minimum Gasteiger partial charge on any atom is -0.344 e. The summed E-state index contributed by atoms with van der Waals surface area (Å²) >= 11 is 1.68. The van der Waals surface area contributed by atoms with Crippen LogP contribution >= 0.6 is 23.3 Å². The second-order valence-corrected chi connectivity index (χ2v) is 7.55. The minimum atomic E-state index is -3.36. The van der Waals surface area contributed by atoms with Crippen molar-refractivity contribution in [1.29, 1.82) is 0 Å². The summed E-state index contributed by atoms with van der Waals surface area (Å²) in [6, 6.07) is 1.37. The average molecular weight is 296 g/mol. The molecule has 9 heteroatoms. The van der Waals surface area contributed by atoms with Gasteiger partial charge in [-0.2, -0.15) is 0 Å². The maximum absolute atomic E-state index is 11.8. The maximum Gasteiger partial charge on any atom is 0.264 e. The van der Waals surface area contributed by atoms with Crippen LogP contribution < -0.4 is 4.89 Å². The Hall–Kier alpha value is -0.610. The zero-order chi connectivity index (χ0) is 13.2. The van der Waals surface area contributed by atoms with Crippen LogP contribution in [-0.2, 0) is 9.84 Å². The van der Waals surface area contributed by atoms with Gasteiger partial charge in [-0.25, -0.2) is 8.42 Å². The molecule has 1 amide bonds. The molecule has 6 nitrogen and oxygen atoms in total. The maximum atomic E-state index is 11.8. The number of thiophene rings is 1. The van der Waals surface area contributed by atoms with E-state index in [4.69, 9.17) is 5.21 Å². The van der Waals surface area contributed by atoms with Gasteiger partial charge in [-0.15, -0.1) is 16.2 Å². The standard InChI is InChI=1S/C8H12N2O4S3/c1-10(2)8(11)7-5(16-9-12)4-6(15-7)17(3,13)14/h4,9,12H,1-3H3. The van der Waals surface area contributed by atoms with Crippen LogP contribution in [0.4, 0.5) is 0 Å². The van der Waals surface area contributed by atoms with Gasteiger partial charge in [0.25, 0.3) is 5.91 Å². The van der Waals surface area contributed by atoms with Crippen molar-refractivity contribution in [3.05, 3.63) is 10.9 Å². The molecule has 1 heterocycles. The Bertz CT molecular complexity index is 521. The molecule has 0 aliphatic heterocycles. The first kappa shape index (κ1) is 14.5. The molecular weight excluding hydrogens is 284 g/mol. The molecule has 1 aromatic rings.